The monoisotopic (exact) mass is 156 g/mol. The zero-order valence-electron chi connectivity index (χ0n) is 6.56. The molecule has 0 saturated carbocycles. The van der Waals surface area contributed by atoms with Crippen LogP contribution in [0.25, 0.3) is 0 Å². The largest absolute Gasteiger partial charge is 0.361 e. The molecule has 0 aliphatic carbocycles. The first kappa shape index (κ1) is 6.94. The van der Waals surface area contributed by atoms with E-state index in [9.17, 15) is 0 Å². The third-order valence-electron chi connectivity index (χ3n) is 1.77. The van der Waals surface area contributed by atoms with Gasteiger partial charge in [-0.15, -0.1) is 0 Å². The van der Waals surface area contributed by atoms with Crippen LogP contribution in [0.2, 0.25) is 0 Å². The molecule has 4 nitrogen and oxygen atoms in total. The molecule has 0 atom stereocenters. The zero-order chi connectivity index (χ0) is 7.68. The van der Waals surface area contributed by atoms with Crippen LogP contribution in [0.5, 0.6) is 0 Å². The molecule has 0 spiro atoms. The van der Waals surface area contributed by atoms with Crippen molar-refractivity contribution in [2.75, 3.05) is 26.9 Å². The molecular weight excluding hydrogens is 144 g/mol. The number of nitrogens with zero attached hydrogens (tertiary/aromatic N) is 2. The van der Waals surface area contributed by atoms with E-state index < -0.39 is 0 Å². The Bertz CT molecular complexity index is 166. The SMILES string of the molecule is CN1C=CN(C2OCCO2)C1. The van der Waals surface area contributed by atoms with Gasteiger partial charge in [-0.1, -0.05) is 0 Å². The first-order chi connectivity index (χ1) is 5.36. The van der Waals surface area contributed by atoms with E-state index in [0.29, 0.717) is 13.2 Å². The maximum atomic E-state index is 5.31. The molecule has 0 unspecified atom stereocenters. The van der Waals surface area contributed by atoms with Crippen molar-refractivity contribution in [2.24, 2.45) is 0 Å². The summed E-state index contributed by atoms with van der Waals surface area (Å²) in [5.74, 6) is 0. The van der Waals surface area contributed by atoms with Crippen LogP contribution >= 0.6 is 0 Å². The molecule has 0 aromatic carbocycles. The van der Waals surface area contributed by atoms with Gasteiger partial charge in [0.2, 0.25) is 6.41 Å². The average Bonchev–Trinajstić information content (AvgIpc) is 2.55. The molecule has 2 rings (SSSR count). The predicted molar refractivity (Wildman–Crippen MR) is 39.3 cm³/mol. The zero-order valence-corrected chi connectivity index (χ0v) is 6.56. The van der Waals surface area contributed by atoms with Crippen molar-refractivity contribution in [1.29, 1.82) is 0 Å². The molecule has 0 N–H and O–H groups in total. The van der Waals surface area contributed by atoms with Gasteiger partial charge in [0, 0.05) is 19.4 Å². The highest BCUT2D eigenvalue weighted by molar-refractivity contribution is 4.88. The topological polar surface area (TPSA) is 24.9 Å². The maximum Gasteiger partial charge on any atom is 0.241 e. The molecule has 1 saturated heterocycles. The van der Waals surface area contributed by atoms with Crippen LogP contribution in [0.1, 0.15) is 0 Å². The number of hydrogen-bond acceptors (Lipinski definition) is 4. The van der Waals surface area contributed by atoms with Gasteiger partial charge in [0.1, 0.15) is 0 Å². The van der Waals surface area contributed by atoms with Crippen molar-refractivity contribution in [3.05, 3.63) is 12.4 Å². The molecule has 0 aromatic heterocycles. The molecule has 2 aliphatic rings. The average molecular weight is 156 g/mol. The Labute approximate surface area is 66.0 Å². The van der Waals surface area contributed by atoms with E-state index >= 15 is 0 Å². The van der Waals surface area contributed by atoms with Crippen LogP contribution in [0.4, 0.5) is 0 Å². The highest BCUT2D eigenvalue weighted by Gasteiger charge is 2.24. The molecule has 0 radical (unpaired) electrons. The number of ether oxygens (including phenoxy) is 2. The fraction of sp³-hybridized carbons (Fsp3) is 0.714. The molecule has 0 bridgehead atoms. The fourth-order valence-electron chi connectivity index (χ4n) is 1.23. The van der Waals surface area contributed by atoms with Crippen molar-refractivity contribution in [3.63, 3.8) is 0 Å². The Morgan fingerprint density at radius 3 is 2.55 bits per heavy atom. The van der Waals surface area contributed by atoms with Gasteiger partial charge in [-0.05, 0) is 0 Å². The van der Waals surface area contributed by atoms with E-state index in [4.69, 9.17) is 9.47 Å². The minimum absolute atomic E-state index is 0.156. The van der Waals surface area contributed by atoms with E-state index in [1.165, 1.54) is 0 Å². The van der Waals surface area contributed by atoms with E-state index in [0.717, 1.165) is 6.67 Å². The lowest BCUT2D eigenvalue weighted by Crippen LogP contribution is -2.33. The van der Waals surface area contributed by atoms with Gasteiger partial charge >= 0.3 is 0 Å². The van der Waals surface area contributed by atoms with Crippen molar-refractivity contribution in [3.8, 4) is 0 Å². The third-order valence-corrected chi connectivity index (χ3v) is 1.77. The summed E-state index contributed by atoms with van der Waals surface area (Å²) in [6.07, 6.45) is 3.83. The summed E-state index contributed by atoms with van der Waals surface area (Å²) in [7, 11) is 2.02. The summed E-state index contributed by atoms with van der Waals surface area (Å²) in [4.78, 5) is 4.10. The van der Waals surface area contributed by atoms with Crippen molar-refractivity contribution < 1.29 is 9.47 Å². The molecule has 2 aliphatic heterocycles. The lowest BCUT2D eigenvalue weighted by molar-refractivity contribution is -0.135. The van der Waals surface area contributed by atoms with Gasteiger partial charge in [0.25, 0.3) is 0 Å². The number of rotatable bonds is 1. The van der Waals surface area contributed by atoms with E-state index in [1.807, 2.05) is 24.3 Å². The van der Waals surface area contributed by atoms with Crippen LogP contribution in [-0.2, 0) is 9.47 Å². The predicted octanol–water partition coefficient (Wildman–Crippen LogP) is -0.00710. The quantitative estimate of drug-likeness (QED) is 0.533. The second kappa shape index (κ2) is 2.71. The van der Waals surface area contributed by atoms with Crippen molar-refractivity contribution in [2.45, 2.75) is 6.41 Å². The van der Waals surface area contributed by atoms with Crippen LogP contribution in [0.3, 0.4) is 0 Å². The third kappa shape index (κ3) is 1.32. The Hall–Kier alpha value is -0.740. The molecule has 62 valence electrons. The molecule has 11 heavy (non-hydrogen) atoms. The first-order valence-electron chi connectivity index (χ1n) is 3.74. The van der Waals surface area contributed by atoms with Crippen LogP contribution < -0.4 is 0 Å². The Morgan fingerprint density at radius 1 is 1.27 bits per heavy atom. The first-order valence-corrected chi connectivity index (χ1v) is 3.74. The molecule has 2 heterocycles. The van der Waals surface area contributed by atoms with Gasteiger partial charge in [-0.2, -0.15) is 0 Å². The van der Waals surface area contributed by atoms with Crippen LogP contribution in [0.15, 0.2) is 12.4 Å². The fourth-order valence-corrected chi connectivity index (χ4v) is 1.23. The summed E-state index contributed by atoms with van der Waals surface area (Å²) in [5.41, 5.74) is 0. The van der Waals surface area contributed by atoms with Gasteiger partial charge in [-0.25, -0.2) is 0 Å². The Balaban J connectivity index is 1.91. The smallest absolute Gasteiger partial charge is 0.241 e. The van der Waals surface area contributed by atoms with E-state index in [2.05, 4.69) is 4.90 Å². The highest BCUT2D eigenvalue weighted by atomic mass is 16.7. The van der Waals surface area contributed by atoms with Gasteiger partial charge in [0.05, 0.1) is 19.9 Å². The molecular formula is C7H12N2O2. The Kier molecular flexibility index (Phi) is 1.71. The highest BCUT2D eigenvalue weighted by Crippen LogP contribution is 2.14. The summed E-state index contributed by atoms with van der Waals surface area (Å²) < 4.78 is 10.6. The standard InChI is InChI=1S/C7H12N2O2/c1-8-2-3-9(6-8)7-10-4-5-11-7/h2-3,7H,4-6H2,1H3. The van der Waals surface area contributed by atoms with Crippen molar-refractivity contribution in [1.82, 2.24) is 9.80 Å². The molecule has 0 aromatic rings. The van der Waals surface area contributed by atoms with E-state index in [1.54, 1.807) is 0 Å². The van der Waals surface area contributed by atoms with Gasteiger partial charge in [-0.3, -0.25) is 0 Å². The lowest BCUT2D eigenvalue weighted by atomic mass is 10.8. The summed E-state index contributed by atoms with van der Waals surface area (Å²) in [6, 6.07) is 0. The minimum atomic E-state index is -0.156. The molecule has 4 heteroatoms. The number of hydrogen-bond donors (Lipinski definition) is 0. The summed E-state index contributed by atoms with van der Waals surface area (Å²) in [5, 5.41) is 0. The van der Waals surface area contributed by atoms with Crippen LogP contribution in [-0.4, -0.2) is 43.1 Å². The summed E-state index contributed by atoms with van der Waals surface area (Å²) >= 11 is 0. The lowest BCUT2D eigenvalue weighted by Gasteiger charge is -2.22. The minimum Gasteiger partial charge on any atom is -0.361 e. The second-order valence-electron chi connectivity index (χ2n) is 2.76. The van der Waals surface area contributed by atoms with Crippen LogP contribution in [0, 0.1) is 0 Å². The maximum absolute atomic E-state index is 5.31. The van der Waals surface area contributed by atoms with Crippen molar-refractivity contribution >= 4 is 0 Å². The molecule has 1 fully saturated rings. The normalized spacial score (nSPS) is 25.5. The molecule has 0 amide bonds. The Morgan fingerprint density at radius 2 is 2.00 bits per heavy atom. The van der Waals surface area contributed by atoms with Gasteiger partial charge in [0.15, 0.2) is 0 Å². The van der Waals surface area contributed by atoms with E-state index in [-0.39, 0.29) is 6.41 Å². The second-order valence-corrected chi connectivity index (χ2v) is 2.76. The summed E-state index contributed by atoms with van der Waals surface area (Å²) in [6.45, 7) is 2.27. The van der Waals surface area contributed by atoms with Gasteiger partial charge < -0.3 is 19.3 Å².